The maximum atomic E-state index is 13.4. The topological polar surface area (TPSA) is 143 Å². The van der Waals surface area contributed by atoms with E-state index in [9.17, 15) is 35.0 Å². The van der Waals surface area contributed by atoms with Gasteiger partial charge in [-0.25, -0.2) is 4.39 Å². The third-order valence-corrected chi connectivity index (χ3v) is 9.20. The fourth-order valence-corrected chi connectivity index (χ4v) is 6.67. The fraction of sp³-hybridized carbons (Fsp3) is 0.306. The van der Waals surface area contributed by atoms with Crippen molar-refractivity contribution in [2.45, 2.75) is 61.6 Å². The van der Waals surface area contributed by atoms with Crippen LogP contribution in [-0.2, 0) is 9.47 Å². The van der Waals surface area contributed by atoms with Crippen molar-refractivity contribution in [2.75, 3.05) is 11.5 Å². The number of aliphatic hydroxyl groups is 5. The molecule has 47 heavy (non-hydrogen) atoms. The van der Waals surface area contributed by atoms with Gasteiger partial charge in [0.2, 0.25) is 0 Å². The Balaban J connectivity index is 1.25. The second-order valence-electron chi connectivity index (χ2n) is 11.9. The van der Waals surface area contributed by atoms with Crippen LogP contribution in [0.25, 0.3) is 11.1 Å². The maximum absolute atomic E-state index is 13.4. The zero-order valence-electron chi connectivity index (χ0n) is 25.2. The summed E-state index contributed by atoms with van der Waals surface area (Å²) in [5.41, 5.74) is 3.98. The van der Waals surface area contributed by atoms with Crippen LogP contribution >= 0.6 is 12.2 Å². The summed E-state index contributed by atoms with van der Waals surface area (Å²) in [4.78, 5) is 1.86. The molecule has 0 saturated carbocycles. The summed E-state index contributed by atoms with van der Waals surface area (Å²) in [6.45, 7) is -0.515. The van der Waals surface area contributed by atoms with Gasteiger partial charge in [0.05, 0.1) is 12.7 Å². The molecule has 0 radical (unpaired) electrons. The van der Waals surface area contributed by atoms with Crippen LogP contribution < -0.4 is 4.90 Å². The highest BCUT2D eigenvalue weighted by molar-refractivity contribution is 7.80. The smallest absolute Gasteiger partial charge is 0.264 e. The lowest BCUT2D eigenvalue weighted by atomic mass is 9.90. The Labute approximate surface area is 276 Å². The van der Waals surface area contributed by atoms with Gasteiger partial charge in [-0.2, -0.15) is 0 Å². The summed E-state index contributed by atoms with van der Waals surface area (Å²) in [7, 11) is 0. The van der Waals surface area contributed by atoms with Crippen LogP contribution in [0.15, 0.2) is 97.1 Å². The molecule has 6 rings (SSSR count). The van der Waals surface area contributed by atoms with Crippen molar-refractivity contribution in [2.24, 2.45) is 0 Å². The Morgan fingerprint density at radius 3 is 2.15 bits per heavy atom. The number of thiocarbonyl (C=S) groups is 1. The summed E-state index contributed by atoms with van der Waals surface area (Å²) in [6.07, 6.45) is -6.92. The summed E-state index contributed by atoms with van der Waals surface area (Å²) in [5, 5.41) is 62.8. The van der Waals surface area contributed by atoms with Crippen molar-refractivity contribution in [3.8, 4) is 16.9 Å². The van der Waals surface area contributed by atoms with Gasteiger partial charge in [-0.05, 0) is 77.6 Å². The highest BCUT2D eigenvalue weighted by Gasteiger charge is 2.44. The molecule has 2 fully saturated rings. The Morgan fingerprint density at radius 1 is 0.809 bits per heavy atom. The van der Waals surface area contributed by atoms with E-state index in [4.69, 9.17) is 21.7 Å². The molecular weight excluding hydrogens is 625 g/mol. The van der Waals surface area contributed by atoms with E-state index in [1.807, 2.05) is 47.4 Å². The van der Waals surface area contributed by atoms with E-state index in [0.717, 1.165) is 11.3 Å². The van der Waals surface area contributed by atoms with Gasteiger partial charge in [0.1, 0.15) is 54.2 Å². The average Bonchev–Trinajstić information content (AvgIpc) is 3.42. The van der Waals surface area contributed by atoms with Gasteiger partial charge in [-0.15, -0.1) is 0 Å². The molecule has 9 nitrogen and oxygen atoms in total. The van der Waals surface area contributed by atoms with Gasteiger partial charge in [-0.1, -0.05) is 66.7 Å². The number of anilines is 1. The van der Waals surface area contributed by atoms with E-state index in [0.29, 0.717) is 35.1 Å². The second-order valence-corrected chi connectivity index (χ2v) is 12.2. The minimum Gasteiger partial charge on any atom is -0.508 e. The Bertz CT molecular complexity index is 1670. The average molecular weight is 662 g/mol. The Hall–Kier alpha value is -3.94. The number of aliphatic hydroxyl groups excluding tert-OH is 5. The molecule has 0 aromatic heterocycles. The summed E-state index contributed by atoms with van der Waals surface area (Å²) in [5.74, 6) is -0.364. The summed E-state index contributed by atoms with van der Waals surface area (Å²) in [6, 6.07) is 27.0. The Morgan fingerprint density at radius 2 is 1.49 bits per heavy atom. The monoisotopic (exact) mass is 661 g/mol. The zero-order valence-corrected chi connectivity index (χ0v) is 26.0. The first-order chi connectivity index (χ1) is 22.7. The number of phenolic OH excluding ortho intramolecular Hbond substituents is 1. The van der Waals surface area contributed by atoms with Crippen LogP contribution in [0.3, 0.4) is 0 Å². The zero-order chi connectivity index (χ0) is 33.2. The molecule has 8 unspecified atom stereocenters. The number of ether oxygens (including phenoxy) is 2. The number of hydrogen-bond acceptors (Lipinski definition) is 9. The van der Waals surface area contributed by atoms with Gasteiger partial charge in [-0.3, -0.25) is 4.90 Å². The lowest BCUT2D eigenvalue weighted by molar-refractivity contribution is -0.231. The van der Waals surface area contributed by atoms with Crippen LogP contribution in [0.1, 0.15) is 47.8 Å². The number of nitrogens with zero attached hydrogens (tertiary/aromatic N) is 1. The van der Waals surface area contributed by atoms with Gasteiger partial charge in [0.25, 0.3) is 5.17 Å². The molecule has 4 aromatic rings. The molecule has 6 N–H and O–H groups in total. The van der Waals surface area contributed by atoms with E-state index < -0.39 is 55.4 Å². The molecule has 11 heteroatoms. The van der Waals surface area contributed by atoms with Gasteiger partial charge < -0.3 is 40.1 Å². The van der Waals surface area contributed by atoms with Crippen LogP contribution in [0, 0.1) is 5.82 Å². The molecular formula is C36H36FNO8S. The maximum Gasteiger partial charge on any atom is 0.264 e. The number of rotatable bonds is 9. The van der Waals surface area contributed by atoms with Crippen LogP contribution in [0.2, 0.25) is 0 Å². The standard InChI is InChI=1S/C36H36FNO8S/c37-24-13-10-21(11-14-24)27(40)16-17-29-31(38(36(47)46-29)25-4-2-1-3-5-25)26-15-12-23(18-28(26)41)20-6-8-22(9-7-20)35-34(44)33(43)32(42)30(19-39)45-35/h1-15,18,27,29-35,39-44H,16-17,19H2. The van der Waals surface area contributed by atoms with Gasteiger partial charge >= 0.3 is 0 Å². The minimum atomic E-state index is -1.48. The number of phenols is 1. The number of aromatic hydroxyl groups is 1. The van der Waals surface area contributed by atoms with Crippen molar-refractivity contribution in [3.05, 3.63) is 120 Å². The molecule has 2 aliphatic heterocycles. The Kier molecular flexibility index (Phi) is 9.85. The molecule has 4 aromatic carbocycles. The van der Waals surface area contributed by atoms with Crippen molar-refractivity contribution >= 4 is 23.1 Å². The van der Waals surface area contributed by atoms with Crippen LogP contribution in [0.4, 0.5) is 10.1 Å². The van der Waals surface area contributed by atoms with Crippen molar-refractivity contribution in [3.63, 3.8) is 0 Å². The molecule has 246 valence electrons. The highest BCUT2D eigenvalue weighted by Crippen LogP contribution is 2.44. The predicted molar refractivity (Wildman–Crippen MR) is 176 cm³/mol. The second kappa shape index (κ2) is 14.0. The summed E-state index contributed by atoms with van der Waals surface area (Å²) < 4.78 is 25.3. The normalized spacial score (nSPS) is 26.6. The SMILES string of the molecule is OCC1OC(c2ccc(-c3ccc(C4C(CCC(O)c5ccc(F)cc5)OC(=S)N4c4ccccc4)c(O)c3)cc2)C(O)C(O)C1O. The molecule has 8 atom stereocenters. The largest absolute Gasteiger partial charge is 0.508 e. The third kappa shape index (κ3) is 6.74. The number of benzene rings is 4. The van der Waals surface area contributed by atoms with E-state index in [2.05, 4.69) is 0 Å². The first-order valence-electron chi connectivity index (χ1n) is 15.4. The number of halogens is 1. The first kappa shape index (κ1) is 33.0. The van der Waals surface area contributed by atoms with Gasteiger partial charge in [0.15, 0.2) is 0 Å². The van der Waals surface area contributed by atoms with Crippen molar-refractivity contribution in [1.29, 1.82) is 0 Å². The molecule has 2 heterocycles. The molecule has 2 aliphatic rings. The predicted octanol–water partition coefficient (Wildman–Crippen LogP) is 4.46. The molecule has 2 saturated heterocycles. The van der Waals surface area contributed by atoms with Gasteiger partial charge in [0, 0.05) is 11.3 Å². The molecule has 0 spiro atoms. The first-order valence-corrected chi connectivity index (χ1v) is 15.8. The minimum absolute atomic E-state index is 0.0174. The van der Waals surface area contributed by atoms with E-state index in [1.165, 1.54) is 12.1 Å². The molecule has 0 aliphatic carbocycles. The lowest BCUT2D eigenvalue weighted by Gasteiger charge is -2.40. The quantitative estimate of drug-likeness (QED) is 0.142. The van der Waals surface area contributed by atoms with Crippen molar-refractivity contribution in [1.82, 2.24) is 0 Å². The number of para-hydroxylation sites is 1. The van der Waals surface area contributed by atoms with Crippen molar-refractivity contribution < 1.29 is 44.5 Å². The van der Waals surface area contributed by atoms with E-state index >= 15 is 0 Å². The molecule has 0 amide bonds. The van der Waals surface area contributed by atoms with Crippen LogP contribution in [-0.4, -0.2) is 72.9 Å². The number of hydrogen-bond donors (Lipinski definition) is 6. The highest BCUT2D eigenvalue weighted by atomic mass is 32.1. The third-order valence-electron chi connectivity index (χ3n) is 8.91. The lowest BCUT2D eigenvalue weighted by Crippen LogP contribution is -2.55. The van der Waals surface area contributed by atoms with Crippen LogP contribution in [0.5, 0.6) is 5.75 Å². The van der Waals surface area contributed by atoms with E-state index in [-0.39, 0.29) is 16.7 Å². The molecule has 0 bridgehead atoms. The van der Waals surface area contributed by atoms with E-state index in [1.54, 1.807) is 42.5 Å². The summed E-state index contributed by atoms with van der Waals surface area (Å²) >= 11 is 5.66. The fourth-order valence-electron chi connectivity index (χ4n) is 6.33.